The number of hydrogen-bond donors (Lipinski definition) is 3. The highest BCUT2D eigenvalue weighted by molar-refractivity contribution is 5.77. The van der Waals surface area contributed by atoms with E-state index in [0.717, 1.165) is 77.0 Å². The minimum absolute atomic E-state index is 0.0709. The smallest absolute Gasteiger partial charge is 0.306 e. The summed E-state index contributed by atoms with van der Waals surface area (Å²) < 4.78 is 5.95. The molecule has 3 N–H and O–H groups in total. The molecule has 64 heavy (non-hydrogen) atoms. The van der Waals surface area contributed by atoms with Crippen LogP contribution in [0.5, 0.6) is 0 Å². The summed E-state index contributed by atoms with van der Waals surface area (Å²) in [6, 6.07) is -0.705. The van der Waals surface area contributed by atoms with Crippen LogP contribution in [0.25, 0.3) is 0 Å². The molecule has 3 atom stereocenters. The molecule has 0 heterocycles. The molecule has 0 fully saturated rings. The Morgan fingerprint density at radius 2 is 0.844 bits per heavy atom. The van der Waals surface area contributed by atoms with Crippen LogP contribution < -0.4 is 5.32 Å². The summed E-state index contributed by atoms with van der Waals surface area (Å²) in [5.74, 6) is -0.488. The SMILES string of the molecule is CC/C=C/C=C/C=C/C=C\CCCCCCCC(=O)OC(CCCCCCCCCCCCCCCCCCC)CC(=O)NC(CO)C(O)CCCCCCCCCCCCCCC. The van der Waals surface area contributed by atoms with Gasteiger partial charge >= 0.3 is 5.97 Å². The van der Waals surface area contributed by atoms with Crippen molar-refractivity contribution in [2.45, 2.75) is 302 Å². The number of carbonyl (C=O) groups is 2. The number of aliphatic hydroxyl groups excluding tert-OH is 2. The average Bonchev–Trinajstić information content (AvgIpc) is 3.29. The van der Waals surface area contributed by atoms with E-state index in [1.807, 2.05) is 18.2 Å². The molecule has 0 aliphatic carbocycles. The van der Waals surface area contributed by atoms with Gasteiger partial charge in [-0.15, -0.1) is 0 Å². The Labute approximate surface area is 397 Å². The number of nitrogens with one attached hydrogen (secondary N) is 1. The summed E-state index contributed by atoms with van der Waals surface area (Å²) in [5.41, 5.74) is 0. The van der Waals surface area contributed by atoms with Gasteiger partial charge in [-0.1, -0.05) is 275 Å². The van der Waals surface area contributed by atoms with Gasteiger partial charge in [-0.25, -0.2) is 0 Å². The molecule has 0 rings (SSSR count). The van der Waals surface area contributed by atoms with Crippen molar-refractivity contribution >= 4 is 11.9 Å². The molecule has 0 radical (unpaired) electrons. The molecule has 0 saturated carbocycles. The second-order valence-electron chi connectivity index (χ2n) is 19.1. The van der Waals surface area contributed by atoms with Gasteiger partial charge in [-0.05, 0) is 44.9 Å². The number of esters is 1. The summed E-state index contributed by atoms with van der Waals surface area (Å²) in [6.07, 6.45) is 63.1. The fraction of sp³-hybridized carbons (Fsp3) is 0.828. The Morgan fingerprint density at radius 1 is 0.469 bits per heavy atom. The number of aliphatic hydroxyl groups is 2. The minimum atomic E-state index is -0.791. The Bertz CT molecular complexity index is 1100. The molecule has 0 aromatic heterocycles. The first-order valence-electron chi connectivity index (χ1n) is 27.9. The van der Waals surface area contributed by atoms with Crippen molar-refractivity contribution in [1.82, 2.24) is 5.32 Å². The monoisotopic (exact) mass is 898 g/mol. The first-order chi connectivity index (χ1) is 31.5. The van der Waals surface area contributed by atoms with E-state index >= 15 is 0 Å². The molecular formula is C58H107NO5. The van der Waals surface area contributed by atoms with Crippen LogP contribution in [0.3, 0.4) is 0 Å². The van der Waals surface area contributed by atoms with E-state index in [9.17, 15) is 19.8 Å². The zero-order chi connectivity index (χ0) is 46.7. The summed E-state index contributed by atoms with van der Waals surface area (Å²) in [7, 11) is 0. The number of carbonyl (C=O) groups excluding carboxylic acids is 2. The predicted octanol–water partition coefficient (Wildman–Crippen LogP) is 17.0. The third-order valence-corrected chi connectivity index (χ3v) is 12.8. The van der Waals surface area contributed by atoms with Gasteiger partial charge in [0.15, 0.2) is 0 Å². The van der Waals surface area contributed by atoms with Crippen molar-refractivity contribution < 1.29 is 24.5 Å². The zero-order valence-electron chi connectivity index (χ0n) is 42.7. The number of unbranched alkanes of at least 4 members (excludes halogenated alkanes) is 33. The number of amides is 1. The molecular weight excluding hydrogens is 791 g/mol. The van der Waals surface area contributed by atoms with Crippen LogP contribution in [0.4, 0.5) is 0 Å². The molecule has 6 nitrogen and oxygen atoms in total. The molecule has 0 aliphatic rings. The van der Waals surface area contributed by atoms with Gasteiger partial charge in [0.1, 0.15) is 6.10 Å². The Morgan fingerprint density at radius 3 is 1.28 bits per heavy atom. The van der Waals surface area contributed by atoms with Crippen molar-refractivity contribution in [3.8, 4) is 0 Å². The fourth-order valence-corrected chi connectivity index (χ4v) is 8.56. The normalized spacial score (nSPS) is 13.5. The van der Waals surface area contributed by atoms with Crippen LogP contribution in [0.2, 0.25) is 0 Å². The lowest BCUT2D eigenvalue weighted by Crippen LogP contribution is -2.46. The molecule has 0 aromatic carbocycles. The summed E-state index contributed by atoms with van der Waals surface area (Å²) in [6.45, 7) is 6.37. The van der Waals surface area contributed by atoms with Gasteiger partial charge in [0.25, 0.3) is 0 Å². The molecule has 6 heteroatoms. The van der Waals surface area contributed by atoms with Crippen molar-refractivity contribution in [2.24, 2.45) is 0 Å². The van der Waals surface area contributed by atoms with E-state index < -0.39 is 18.2 Å². The van der Waals surface area contributed by atoms with Gasteiger partial charge in [0.2, 0.25) is 5.91 Å². The van der Waals surface area contributed by atoms with E-state index in [-0.39, 0.29) is 24.9 Å². The van der Waals surface area contributed by atoms with Crippen molar-refractivity contribution in [1.29, 1.82) is 0 Å². The Balaban J connectivity index is 4.58. The molecule has 374 valence electrons. The molecule has 3 unspecified atom stereocenters. The molecule has 1 amide bonds. The maximum absolute atomic E-state index is 13.2. The molecule has 0 spiro atoms. The molecule has 0 aliphatic heterocycles. The number of rotatable bonds is 50. The number of allylic oxidation sites excluding steroid dienone is 8. The van der Waals surface area contributed by atoms with Gasteiger partial charge in [0.05, 0.1) is 25.2 Å². The number of ether oxygens (including phenoxy) is 1. The van der Waals surface area contributed by atoms with Crippen LogP contribution in [-0.2, 0) is 14.3 Å². The van der Waals surface area contributed by atoms with Crippen LogP contribution >= 0.6 is 0 Å². The van der Waals surface area contributed by atoms with Gasteiger partial charge < -0.3 is 20.3 Å². The standard InChI is InChI=1S/C58H107NO5/c1-4-7-10-13-16-19-22-25-27-28-30-32-34-37-40-43-46-49-54(64-58(63)51-48-45-42-39-36-33-29-26-23-20-17-14-11-8-5-2)52-57(62)59-55(53-60)56(61)50-47-44-41-38-35-31-24-21-18-15-12-9-6-3/h8,11,14,17,20,23,26,29,54-56,60-61H,4-7,9-10,12-13,15-16,18-19,21-22,24-25,27-28,30-53H2,1-3H3,(H,59,62)/b11-8+,17-14+,23-20+,29-26-. The first-order valence-corrected chi connectivity index (χ1v) is 27.9. The van der Waals surface area contributed by atoms with Gasteiger partial charge in [0, 0.05) is 6.42 Å². The maximum Gasteiger partial charge on any atom is 0.306 e. The fourth-order valence-electron chi connectivity index (χ4n) is 8.56. The minimum Gasteiger partial charge on any atom is -0.462 e. The van der Waals surface area contributed by atoms with Crippen LogP contribution in [-0.4, -0.2) is 46.9 Å². The van der Waals surface area contributed by atoms with Crippen LogP contribution in [0, 0.1) is 0 Å². The second kappa shape index (κ2) is 51.8. The first kappa shape index (κ1) is 61.8. The average molecular weight is 898 g/mol. The third kappa shape index (κ3) is 46.4. The van der Waals surface area contributed by atoms with Crippen molar-refractivity contribution in [3.05, 3.63) is 48.6 Å². The lowest BCUT2D eigenvalue weighted by molar-refractivity contribution is -0.151. The number of hydrogen-bond acceptors (Lipinski definition) is 5. The maximum atomic E-state index is 13.2. The lowest BCUT2D eigenvalue weighted by Gasteiger charge is -2.24. The summed E-state index contributed by atoms with van der Waals surface area (Å²) in [5, 5.41) is 23.8. The van der Waals surface area contributed by atoms with Crippen LogP contribution in [0.15, 0.2) is 48.6 Å². The molecule has 0 aromatic rings. The predicted molar refractivity (Wildman–Crippen MR) is 278 cm³/mol. The zero-order valence-corrected chi connectivity index (χ0v) is 42.7. The summed E-state index contributed by atoms with van der Waals surface area (Å²) >= 11 is 0. The van der Waals surface area contributed by atoms with E-state index in [2.05, 4.69) is 56.5 Å². The highest BCUT2D eigenvalue weighted by Gasteiger charge is 2.24. The van der Waals surface area contributed by atoms with Gasteiger partial charge in [-0.3, -0.25) is 9.59 Å². The molecule has 0 bridgehead atoms. The topological polar surface area (TPSA) is 95.9 Å². The van der Waals surface area contributed by atoms with E-state index in [0.29, 0.717) is 19.3 Å². The van der Waals surface area contributed by atoms with E-state index in [1.165, 1.54) is 161 Å². The van der Waals surface area contributed by atoms with E-state index in [1.54, 1.807) is 0 Å². The van der Waals surface area contributed by atoms with Crippen molar-refractivity contribution in [2.75, 3.05) is 6.61 Å². The quantitative estimate of drug-likeness (QED) is 0.0321. The summed E-state index contributed by atoms with van der Waals surface area (Å²) in [4.78, 5) is 26.2. The highest BCUT2D eigenvalue weighted by atomic mass is 16.5. The largest absolute Gasteiger partial charge is 0.462 e. The van der Waals surface area contributed by atoms with Gasteiger partial charge in [-0.2, -0.15) is 0 Å². The Kier molecular flexibility index (Phi) is 50.0. The Hall–Kier alpha value is -2.18. The lowest BCUT2D eigenvalue weighted by atomic mass is 10.0. The van der Waals surface area contributed by atoms with Crippen molar-refractivity contribution in [3.63, 3.8) is 0 Å². The second-order valence-corrected chi connectivity index (χ2v) is 19.1. The highest BCUT2D eigenvalue weighted by Crippen LogP contribution is 2.19. The third-order valence-electron chi connectivity index (χ3n) is 12.8. The van der Waals surface area contributed by atoms with Crippen LogP contribution in [0.1, 0.15) is 284 Å². The molecule has 0 saturated heterocycles. The van der Waals surface area contributed by atoms with E-state index in [4.69, 9.17) is 4.74 Å².